The number of benzene rings is 8. The van der Waals surface area contributed by atoms with Crippen LogP contribution in [0.4, 0.5) is 45.5 Å². The molecule has 0 saturated carbocycles. The second-order valence-electron chi connectivity index (χ2n) is 16.3. The van der Waals surface area contributed by atoms with Crippen molar-refractivity contribution in [1.29, 1.82) is 0 Å². The molecule has 1 heterocycles. The number of hydrogen-bond donors (Lipinski definition) is 1. The highest BCUT2D eigenvalue weighted by atomic mass is 32.2. The molecule has 70 heavy (non-hydrogen) atoms. The summed E-state index contributed by atoms with van der Waals surface area (Å²) in [6.07, 6.45) is 0.0567. The minimum atomic E-state index is -4.48. The van der Waals surface area contributed by atoms with Gasteiger partial charge in [0.2, 0.25) is 0 Å². The molecule has 0 aliphatic carbocycles. The largest absolute Gasteiger partial charge is 0.497 e. The quantitative estimate of drug-likeness (QED) is 0.0740. The van der Waals surface area contributed by atoms with E-state index in [9.17, 15) is 13.0 Å². The van der Waals surface area contributed by atoms with Crippen molar-refractivity contribution in [3.05, 3.63) is 182 Å². The van der Waals surface area contributed by atoms with Gasteiger partial charge in [0.1, 0.15) is 28.2 Å². The van der Waals surface area contributed by atoms with Crippen LogP contribution in [0.5, 0.6) is 23.0 Å². The Morgan fingerprint density at radius 1 is 0.500 bits per heavy atom. The number of nitrogens with zero attached hydrogens (tertiary/aromatic N) is 3. The zero-order valence-electron chi connectivity index (χ0n) is 39.4. The Balaban J connectivity index is 1.13. The third-order valence-electron chi connectivity index (χ3n) is 12.2. The third kappa shape index (κ3) is 9.86. The summed E-state index contributed by atoms with van der Waals surface area (Å²) in [5.41, 5.74) is 11.4. The minimum absolute atomic E-state index is 0.0567. The summed E-state index contributed by atoms with van der Waals surface area (Å²) in [6.45, 7) is 1.83. The highest BCUT2D eigenvalue weighted by molar-refractivity contribution is 7.99. The van der Waals surface area contributed by atoms with Gasteiger partial charge < -0.3 is 33.6 Å². The van der Waals surface area contributed by atoms with Crippen LogP contribution in [0.2, 0.25) is 0 Å². The molecule has 0 spiro atoms. The van der Waals surface area contributed by atoms with E-state index in [1.165, 1.54) is 0 Å². The van der Waals surface area contributed by atoms with E-state index >= 15 is 0 Å². The van der Waals surface area contributed by atoms with Crippen LogP contribution in [-0.4, -0.2) is 53.2 Å². The molecule has 1 unspecified atom stereocenters. The number of ether oxygens (including phenoxy) is 4. The van der Waals surface area contributed by atoms with Gasteiger partial charge in [0, 0.05) is 61.6 Å². The molecule has 0 bridgehead atoms. The molecule has 0 radical (unpaired) electrons. The van der Waals surface area contributed by atoms with Crippen molar-refractivity contribution in [2.75, 3.05) is 49.7 Å². The SMILES string of the molecule is CC#CC(CCN1c2c(cccc2-c2ccc(N(c3ccc(OC)cc3)c3ccc(OC)cc3)cc2)Sc2cccc(-c3ccc(N(c4ccc(OC)cc4)c4ccc(OC)cc4)cc3)c21)S(=O)(=O)O. The van der Waals surface area contributed by atoms with Gasteiger partial charge in [-0.15, -0.1) is 5.92 Å². The Hall–Kier alpha value is -7.82. The summed E-state index contributed by atoms with van der Waals surface area (Å²) in [6, 6.07) is 61.3. The van der Waals surface area contributed by atoms with Crippen LogP contribution in [0.25, 0.3) is 22.3 Å². The van der Waals surface area contributed by atoms with E-state index in [4.69, 9.17) is 18.9 Å². The highest BCUT2D eigenvalue weighted by Crippen LogP contribution is 2.55. The fourth-order valence-corrected chi connectivity index (χ4v) is 10.6. The summed E-state index contributed by atoms with van der Waals surface area (Å²) in [5, 5.41) is -1.28. The van der Waals surface area contributed by atoms with Gasteiger partial charge in [0.15, 0.2) is 0 Å². The van der Waals surface area contributed by atoms with Gasteiger partial charge in [-0.3, -0.25) is 4.55 Å². The molecule has 0 fully saturated rings. The Morgan fingerprint density at radius 2 is 0.814 bits per heavy atom. The van der Waals surface area contributed by atoms with Gasteiger partial charge in [0.25, 0.3) is 10.1 Å². The van der Waals surface area contributed by atoms with Gasteiger partial charge in [-0.05, 0) is 158 Å². The molecule has 1 aliphatic rings. The van der Waals surface area contributed by atoms with E-state index in [1.54, 1.807) is 47.1 Å². The van der Waals surface area contributed by atoms with Gasteiger partial charge in [-0.25, -0.2) is 0 Å². The molecule has 8 aromatic rings. The Morgan fingerprint density at radius 3 is 1.10 bits per heavy atom. The molecular formula is C58H51N3O7S2. The maximum atomic E-state index is 12.8. The molecular weight excluding hydrogens is 915 g/mol. The molecule has 0 saturated heterocycles. The number of para-hydroxylation sites is 2. The van der Waals surface area contributed by atoms with Crippen LogP contribution in [0.3, 0.4) is 0 Å². The summed E-state index contributed by atoms with van der Waals surface area (Å²) in [5.74, 6) is 8.53. The van der Waals surface area contributed by atoms with E-state index in [1.807, 2.05) is 97.1 Å². The van der Waals surface area contributed by atoms with E-state index < -0.39 is 15.4 Å². The summed E-state index contributed by atoms with van der Waals surface area (Å²) >= 11 is 1.68. The number of hydrogen-bond acceptors (Lipinski definition) is 10. The smallest absolute Gasteiger partial charge is 0.279 e. The van der Waals surface area contributed by atoms with Gasteiger partial charge in [0.05, 0.1) is 39.8 Å². The first kappa shape index (κ1) is 47.3. The predicted octanol–water partition coefficient (Wildman–Crippen LogP) is 14.3. The van der Waals surface area contributed by atoms with Crippen molar-refractivity contribution in [1.82, 2.24) is 0 Å². The first-order valence-electron chi connectivity index (χ1n) is 22.6. The average Bonchev–Trinajstić information content (AvgIpc) is 3.40. The molecule has 9 rings (SSSR count). The summed E-state index contributed by atoms with van der Waals surface area (Å²) in [7, 11) is 2.14. The van der Waals surface area contributed by atoms with Crippen molar-refractivity contribution >= 4 is 67.4 Å². The molecule has 1 N–H and O–H groups in total. The monoisotopic (exact) mass is 965 g/mol. The Bertz CT molecular complexity index is 2980. The lowest BCUT2D eigenvalue weighted by molar-refractivity contribution is 0.414. The van der Waals surface area contributed by atoms with Crippen molar-refractivity contribution in [2.45, 2.75) is 28.4 Å². The minimum Gasteiger partial charge on any atom is -0.497 e. The normalized spacial score (nSPS) is 12.1. The van der Waals surface area contributed by atoms with Crippen LogP contribution in [-0.2, 0) is 10.1 Å². The zero-order chi connectivity index (χ0) is 48.8. The Kier molecular flexibility index (Phi) is 14.0. The third-order valence-corrected chi connectivity index (χ3v) is 14.4. The number of rotatable bonds is 16. The number of methoxy groups -OCH3 is 4. The fraction of sp³-hybridized carbons (Fsp3) is 0.138. The van der Waals surface area contributed by atoms with E-state index in [0.717, 1.165) is 101 Å². The molecule has 10 nitrogen and oxygen atoms in total. The van der Waals surface area contributed by atoms with E-state index in [-0.39, 0.29) is 13.0 Å². The molecule has 352 valence electrons. The summed E-state index contributed by atoms with van der Waals surface area (Å²) in [4.78, 5) is 8.59. The Labute approximate surface area is 414 Å². The molecule has 12 heteroatoms. The van der Waals surface area contributed by atoms with Crippen LogP contribution in [0, 0.1) is 11.8 Å². The van der Waals surface area contributed by atoms with E-state index in [0.29, 0.717) is 0 Å². The van der Waals surface area contributed by atoms with Gasteiger partial charge in [-0.2, -0.15) is 8.42 Å². The van der Waals surface area contributed by atoms with Crippen molar-refractivity contribution in [3.63, 3.8) is 0 Å². The molecule has 8 aromatic carbocycles. The standard InChI is InChI=1S/C58H51N3O7S2/c1-6-9-52(70(62,63)64)38-39-59-57-53(40-14-18-42(19-15-40)60(44-22-30-48(65-2)31-23-44)45-24-32-49(66-3)33-25-45)10-7-12-55(57)69-56-13-8-11-54(58(56)59)41-16-20-43(21-17-41)61(46-26-34-50(67-4)35-27-46)47-28-36-51(68-5)37-29-47/h7-8,10-37,52H,38-39H2,1-5H3,(H,62,63,64). The summed E-state index contributed by atoms with van der Waals surface area (Å²) < 4.78 is 57.9. The maximum Gasteiger partial charge on any atom is 0.279 e. The van der Waals surface area contributed by atoms with Gasteiger partial charge >= 0.3 is 0 Å². The molecule has 0 amide bonds. The second-order valence-corrected chi connectivity index (χ2v) is 19.0. The number of fused-ring (bicyclic) bond motifs is 2. The van der Waals surface area contributed by atoms with Crippen molar-refractivity contribution < 1.29 is 31.9 Å². The second kappa shape index (κ2) is 20.8. The predicted molar refractivity (Wildman–Crippen MR) is 284 cm³/mol. The zero-order valence-corrected chi connectivity index (χ0v) is 41.0. The van der Waals surface area contributed by atoms with Crippen LogP contribution in [0.15, 0.2) is 192 Å². The fourth-order valence-electron chi connectivity index (χ4n) is 8.79. The lowest BCUT2D eigenvalue weighted by atomic mass is 9.98. The lowest BCUT2D eigenvalue weighted by Gasteiger charge is -2.36. The molecule has 1 atom stereocenters. The number of anilines is 8. The lowest BCUT2D eigenvalue weighted by Crippen LogP contribution is -2.29. The maximum absolute atomic E-state index is 12.8. The first-order chi connectivity index (χ1) is 34.1. The van der Waals surface area contributed by atoms with Crippen molar-refractivity contribution in [2.24, 2.45) is 0 Å². The highest BCUT2D eigenvalue weighted by Gasteiger charge is 2.31. The van der Waals surface area contributed by atoms with Gasteiger partial charge in [-0.1, -0.05) is 66.2 Å². The van der Waals surface area contributed by atoms with Crippen LogP contribution < -0.4 is 33.6 Å². The average molecular weight is 966 g/mol. The first-order valence-corrected chi connectivity index (χ1v) is 24.9. The van der Waals surface area contributed by atoms with E-state index in [2.05, 4.69) is 111 Å². The molecule has 1 aliphatic heterocycles. The topological polar surface area (TPSA) is 101 Å². The molecule has 0 aromatic heterocycles. The van der Waals surface area contributed by atoms with Crippen LogP contribution in [0.1, 0.15) is 13.3 Å². The van der Waals surface area contributed by atoms with Crippen LogP contribution >= 0.6 is 11.8 Å². The van der Waals surface area contributed by atoms with Crippen molar-refractivity contribution in [3.8, 4) is 57.1 Å².